The van der Waals surface area contributed by atoms with Crippen LogP contribution < -0.4 is 10.6 Å². The fourth-order valence-corrected chi connectivity index (χ4v) is 2.78. The molecule has 0 aliphatic carbocycles. The van der Waals surface area contributed by atoms with Crippen LogP contribution in [0.1, 0.15) is 42.7 Å². The number of hydrogen-bond acceptors (Lipinski definition) is 4. The van der Waals surface area contributed by atoms with E-state index in [1.807, 2.05) is 26.0 Å². The summed E-state index contributed by atoms with van der Waals surface area (Å²) in [7, 11) is 0. The van der Waals surface area contributed by atoms with Crippen LogP contribution in [0, 0.1) is 6.92 Å². The Morgan fingerprint density at radius 1 is 1.38 bits per heavy atom. The standard InChI is InChI=1S/C16H26N4O/c1-4-17-15-10-14(9-12(2)18-15)16(21)19-13(3)11-20-7-5-6-8-20/h9-10,13H,4-8,11H2,1-3H3,(H,17,18)(H,19,21). The Kier molecular flexibility index (Phi) is 5.56. The van der Waals surface area contributed by atoms with Crippen molar-refractivity contribution in [3.8, 4) is 0 Å². The smallest absolute Gasteiger partial charge is 0.251 e. The molecule has 0 radical (unpaired) electrons. The van der Waals surface area contributed by atoms with E-state index in [-0.39, 0.29) is 11.9 Å². The molecule has 1 aliphatic heterocycles. The van der Waals surface area contributed by atoms with E-state index in [1.165, 1.54) is 12.8 Å². The molecule has 5 heteroatoms. The minimum atomic E-state index is -0.0219. The third-order valence-electron chi connectivity index (χ3n) is 3.68. The molecule has 0 bridgehead atoms. The van der Waals surface area contributed by atoms with Crippen molar-refractivity contribution in [1.82, 2.24) is 15.2 Å². The molecule has 116 valence electrons. The zero-order valence-electron chi connectivity index (χ0n) is 13.3. The van der Waals surface area contributed by atoms with Crippen LogP contribution in [0.25, 0.3) is 0 Å². The second kappa shape index (κ2) is 7.41. The molecule has 2 heterocycles. The number of nitrogens with one attached hydrogen (secondary N) is 2. The number of pyridine rings is 1. The molecule has 1 atom stereocenters. The van der Waals surface area contributed by atoms with Crippen molar-refractivity contribution in [3.63, 3.8) is 0 Å². The van der Waals surface area contributed by atoms with Gasteiger partial charge in [0, 0.05) is 30.4 Å². The van der Waals surface area contributed by atoms with Gasteiger partial charge in [0.15, 0.2) is 0 Å². The molecule has 1 aromatic rings. The van der Waals surface area contributed by atoms with Gasteiger partial charge >= 0.3 is 0 Å². The van der Waals surface area contributed by atoms with Crippen LogP contribution in [-0.2, 0) is 0 Å². The quantitative estimate of drug-likeness (QED) is 0.842. The number of aromatic nitrogens is 1. The van der Waals surface area contributed by atoms with Crippen LogP contribution in [0.2, 0.25) is 0 Å². The molecule has 0 spiro atoms. The summed E-state index contributed by atoms with van der Waals surface area (Å²) in [5, 5.41) is 6.24. The van der Waals surface area contributed by atoms with E-state index in [4.69, 9.17) is 0 Å². The molecule has 5 nitrogen and oxygen atoms in total. The number of carbonyl (C=O) groups is 1. The number of carbonyl (C=O) groups excluding carboxylic acids is 1. The molecule has 21 heavy (non-hydrogen) atoms. The largest absolute Gasteiger partial charge is 0.370 e. The fraction of sp³-hybridized carbons (Fsp3) is 0.625. The van der Waals surface area contributed by atoms with Crippen molar-refractivity contribution < 1.29 is 4.79 Å². The third kappa shape index (κ3) is 4.70. The number of amides is 1. The van der Waals surface area contributed by atoms with Crippen LogP contribution >= 0.6 is 0 Å². The van der Waals surface area contributed by atoms with Crippen molar-refractivity contribution >= 4 is 11.7 Å². The van der Waals surface area contributed by atoms with E-state index in [9.17, 15) is 4.79 Å². The second-order valence-corrected chi connectivity index (χ2v) is 5.79. The zero-order valence-corrected chi connectivity index (χ0v) is 13.3. The summed E-state index contributed by atoms with van der Waals surface area (Å²) >= 11 is 0. The average molecular weight is 290 g/mol. The van der Waals surface area contributed by atoms with Crippen LogP contribution in [-0.4, -0.2) is 48.0 Å². The minimum absolute atomic E-state index is 0.0219. The number of rotatable bonds is 6. The first kappa shape index (κ1) is 15.8. The van der Waals surface area contributed by atoms with Gasteiger partial charge in [-0.1, -0.05) is 0 Å². The lowest BCUT2D eigenvalue weighted by molar-refractivity contribution is 0.0931. The van der Waals surface area contributed by atoms with E-state index in [1.54, 1.807) is 0 Å². The lowest BCUT2D eigenvalue weighted by atomic mass is 10.2. The number of likely N-dealkylation sites (tertiary alicyclic amines) is 1. The van der Waals surface area contributed by atoms with Gasteiger partial charge in [-0.3, -0.25) is 4.79 Å². The topological polar surface area (TPSA) is 57.3 Å². The van der Waals surface area contributed by atoms with Gasteiger partial charge in [0.05, 0.1) is 0 Å². The van der Waals surface area contributed by atoms with Gasteiger partial charge < -0.3 is 15.5 Å². The number of nitrogens with zero attached hydrogens (tertiary/aromatic N) is 2. The maximum absolute atomic E-state index is 12.4. The van der Waals surface area contributed by atoms with Gasteiger partial charge in [-0.15, -0.1) is 0 Å². The lowest BCUT2D eigenvalue weighted by Gasteiger charge is -2.21. The maximum Gasteiger partial charge on any atom is 0.251 e. The molecule has 1 saturated heterocycles. The first-order valence-electron chi connectivity index (χ1n) is 7.84. The van der Waals surface area contributed by atoms with Crippen molar-refractivity contribution in [1.29, 1.82) is 0 Å². The van der Waals surface area contributed by atoms with Crippen molar-refractivity contribution in [2.24, 2.45) is 0 Å². The zero-order chi connectivity index (χ0) is 15.2. The molecule has 1 unspecified atom stereocenters. The van der Waals surface area contributed by atoms with E-state index in [0.29, 0.717) is 5.56 Å². The van der Waals surface area contributed by atoms with E-state index >= 15 is 0 Å². The monoisotopic (exact) mass is 290 g/mol. The van der Waals surface area contributed by atoms with Gasteiger partial charge in [0.2, 0.25) is 0 Å². The van der Waals surface area contributed by atoms with Crippen LogP contribution in [0.15, 0.2) is 12.1 Å². The van der Waals surface area contributed by atoms with Gasteiger partial charge in [-0.2, -0.15) is 0 Å². The van der Waals surface area contributed by atoms with Gasteiger partial charge in [-0.25, -0.2) is 4.98 Å². The Balaban J connectivity index is 1.95. The summed E-state index contributed by atoms with van der Waals surface area (Å²) in [5.74, 6) is 0.737. The van der Waals surface area contributed by atoms with Crippen LogP contribution in [0.4, 0.5) is 5.82 Å². The van der Waals surface area contributed by atoms with E-state index in [0.717, 1.165) is 37.7 Å². The highest BCUT2D eigenvalue weighted by Crippen LogP contribution is 2.11. The predicted octanol–water partition coefficient (Wildman–Crippen LogP) is 2.04. The predicted molar refractivity (Wildman–Crippen MR) is 85.7 cm³/mol. The molecule has 1 fully saturated rings. The summed E-state index contributed by atoms with van der Waals surface area (Å²) in [6.45, 7) is 10.0. The average Bonchev–Trinajstić information content (AvgIpc) is 2.91. The van der Waals surface area contributed by atoms with E-state index in [2.05, 4.69) is 27.4 Å². The van der Waals surface area contributed by atoms with Crippen molar-refractivity contribution in [2.75, 3.05) is 31.5 Å². The van der Waals surface area contributed by atoms with Crippen molar-refractivity contribution in [3.05, 3.63) is 23.4 Å². The third-order valence-corrected chi connectivity index (χ3v) is 3.68. The number of hydrogen-bond donors (Lipinski definition) is 2. The highest BCUT2D eigenvalue weighted by Gasteiger charge is 2.17. The Morgan fingerprint density at radius 2 is 2.10 bits per heavy atom. The summed E-state index contributed by atoms with van der Waals surface area (Å²) in [6.07, 6.45) is 2.55. The molecule has 1 aromatic heterocycles. The highest BCUT2D eigenvalue weighted by molar-refractivity contribution is 5.95. The molecular formula is C16H26N4O. The fourth-order valence-electron chi connectivity index (χ4n) is 2.78. The summed E-state index contributed by atoms with van der Waals surface area (Å²) in [6, 6.07) is 3.80. The SMILES string of the molecule is CCNc1cc(C(=O)NC(C)CN2CCCC2)cc(C)n1. The normalized spacial score (nSPS) is 16.7. The molecule has 2 rings (SSSR count). The minimum Gasteiger partial charge on any atom is -0.370 e. The molecule has 1 amide bonds. The van der Waals surface area contributed by atoms with Crippen molar-refractivity contribution in [2.45, 2.75) is 39.7 Å². The summed E-state index contributed by atoms with van der Waals surface area (Å²) in [5.41, 5.74) is 1.53. The number of anilines is 1. The highest BCUT2D eigenvalue weighted by atomic mass is 16.1. The molecule has 1 aliphatic rings. The Hall–Kier alpha value is -1.62. The van der Waals surface area contributed by atoms with Crippen LogP contribution in [0.3, 0.4) is 0 Å². The molecule has 0 aromatic carbocycles. The molecular weight excluding hydrogens is 264 g/mol. The van der Waals surface area contributed by atoms with Crippen LogP contribution in [0.5, 0.6) is 0 Å². The van der Waals surface area contributed by atoms with E-state index < -0.39 is 0 Å². The lowest BCUT2D eigenvalue weighted by Crippen LogP contribution is -2.41. The first-order valence-corrected chi connectivity index (χ1v) is 7.84. The molecule has 0 saturated carbocycles. The summed E-state index contributed by atoms with van der Waals surface area (Å²) < 4.78 is 0. The number of aryl methyl sites for hydroxylation is 1. The second-order valence-electron chi connectivity index (χ2n) is 5.79. The van der Waals surface area contributed by atoms with Gasteiger partial charge in [-0.05, 0) is 58.8 Å². The first-order chi connectivity index (χ1) is 10.1. The van der Waals surface area contributed by atoms with Gasteiger partial charge in [0.25, 0.3) is 5.91 Å². The summed E-state index contributed by atoms with van der Waals surface area (Å²) in [4.78, 5) is 19.1. The Morgan fingerprint density at radius 3 is 2.76 bits per heavy atom. The maximum atomic E-state index is 12.4. The Labute approximate surface area is 127 Å². The molecule has 2 N–H and O–H groups in total. The van der Waals surface area contributed by atoms with Gasteiger partial charge in [0.1, 0.15) is 5.82 Å². The Bertz CT molecular complexity index is 483.